The second-order valence-corrected chi connectivity index (χ2v) is 4.30. The van der Waals surface area contributed by atoms with Gasteiger partial charge in [0.2, 0.25) is 0 Å². The van der Waals surface area contributed by atoms with Gasteiger partial charge in [-0.25, -0.2) is 4.79 Å². The molecule has 1 aromatic carbocycles. The quantitative estimate of drug-likeness (QED) is 0.683. The van der Waals surface area contributed by atoms with Gasteiger partial charge in [-0.2, -0.15) is 0 Å². The molecule has 0 aromatic heterocycles. The lowest BCUT2D eigenvalue weighted by Gasteiger charge is -2.09. The van der Waals surface area contributed by atoms with Gasteiger partial charge in [0.15, 0.2) is 0 Å². The van der Waals surface area contributed by atoms with Crippen molar-refractivity contribution in [2.24, 2.45) is 5.92 Å². The Bertz CT molecular complexity index is 354. The van der Waals surface area contributed by atoms with Crippen molar-refractivity contribution in [3.8, 4) is 0 Å². The highest BCUT2D eigenvalue weighted by Gasteiger charge is 2.17. The van der Waals surface area contributed by atoms with E-state index in [1.807, 2.05) is 30.3 Å². The minimum Gasteiger partial charge on any atom is -0.233 e. The average molecular weight is 200 g/mol. The maximum absolute atomic E-state index is 10.9. The molecule has 1 aromatic rings. The van der Waals surface area contributed by atoms with Crippen LogP contribution in [0.5, 0.6) is 0 Å². The molecule has 0 aliphatic heterocycles. The van der Waals surface area contributed by atoms with Crippen molar-refractivity contribution in [1.29, 1.82) is 0 Å². The predicted octanol–water partition coefficient (Wildman–Crippen LogP) is 3.48. The lowest BCUT2D eigenvalue weighted by molar-refractivity contribution is 0.554. The molecule has 2 rings (SSSR count). The molecule has 0 atom stereocenters. The Kier molecular flexibility index (Phi) is 3.37. The Labute approximate surface area is 90.8 Å². The number of benzene rings is 1. The van der Waals surface area contributed by atoms with Gasteiger partial charge in [-0.1, -0.05) is 56.0 Å². The van der Waals surface area contributed by atoms with E-state index in [1.165, 1.54) is 25.7 Å². The summed E-state index contributed by atoms with van der Waals surface area (Å²) in [6, 6.07) is 9.91. The summed E-state index contributed by atoms with van der Waals surface area (Å²) in [5, 5.41) is 0. The lowest BCUT2D eigenvalue weighted by atomic mass is 9.94. The van der Waals surface area contributed by atoms with Gasteiger partial charge in [0.1, 0.15) is 5.94 Å². The van der Waals surface area contributed by atoms with Crippen LogP contribution in [-0.2, 0) is 4.79 Å². The maximum atomic E-state index is 10.9. The summed E-state index contributed by atoms with van der Waals surface area (Å²) in [6.45, 7) is 0. The Morgan fingerprint density at radius 2 is 1.87 bits per heavy atom. The highest BCUT2D eigenvalue weighted by molar-refractivity contribution is 5.87. The first-order chi connectivity index (χ1) is 7.40. The molecule has 0 radical (unpaired) electrons. The number of carbonyl (C=O) groups excluding carboxylic acids is 1. The summed E-state index contributed by atoms with van der Waals surface area (Å²) in [5.41, 5.74) is 1.89. The van der Waals surface area contributed by atoms with E-state index < -0.39 is 0 Å². The third-order valence-electron chi connectivity index (χ3n) is 3.21. The van der Waals surface area contributed by atoms with Gasteiger partial charge in [0.05, 0.1) is 0 Å². The summed E-state index contributed by atoms with van der Waals surface area (Å²) in [4.78, 5) is 10.9. The Morgan fingerprint density at radius 1 is 1.20 bits per heavy atom. The molecule has 0 bridgehead atoms. The molecule has 0 unspecified atom stereocenters. The largest absolute Gasteiger partial charge is 0.233 e. The predicted molar refractivity (Wildman–Crippen MR) is 62.1 cm³/mol. The van der Waals surface area contributed by atoms with E-state index in [9.17, 15) is 4.79 Å². The zero-order chi connectivity index (χ0) is 10.5. The molecule has 15 heavy (non-hydrogen) atoms. The molecule has 1 fully saturated rings. The van der Waals surface area contributed by atoms with Gasteiger partial charge in [-0.15, -0.1) is 0 Å². The fraction of sp³-hybridized carbons (Fsp3) is 0.429. The second-order valence-electron chi connectivity index (χ2n) is 4.30. The van der Waals surface area contributed by atoms with Crippen molar-refractivity contribution in [3.63, 3.8) is 0 Å². The molecule has 0 amide bonds. The Morgan fingerprint density at radius 3 is 2.47 bits per heavy atom. The highest BCUT2D eigenvalue weighted by atomic mass is 16.1. The van der Waals surface area contributed by atoms with Crippen molar-refractivity contribution in [1.82, 2.24) is 0 Å². The molecule has 0 N–H and O–H groups in total. The topological polar surface area (TPSA) is 17.1 Å². The van der Waals surface area contributed by atoms with Crippen LogP contribution in [-0.4, -0.2) is 5.94 Å². The number of rotatable bonds is 3. The molecule has 0 heterocycles. The Hall–Kier alpha value is -1.33. The van der Waals surface area contributed by atoms with Gasteiger partial charge in [-0.05, 0) is 17.9 Å². The number of hydrogen-bond donors (Lipinski definition) is 0. The van der Waals surface area contributed by atoms with E-state index >= 15 is 0 Å². The normalized spacial score (nSPS) is 16.3. The van der Waals surface area contributed by atoms with E-state index in [2.05, 4.69) is 5.94 Å². The lowest BCUT2D eigenvalue weighted by Crippen LogP contribution is -1.96. The molecular formula is C14H16O. The number of allylic oxidation sites excluding steroid dienone is 1. The monoisotopic (exact) mass is 200 g/mol. The van der Waals surface area contributed by atoms with Crippen molar-refractivity contribution < 1.29 is 4.79 Å². The summed E-state index contributed by atoms with van der Waals surface area (Å²) in [7, 11) is 0. The maximum Gasteiger partial charge on any atom is 0.128 e. The third-order valence-corrected chi connectivity index (χ3v) is 3.21. The molecule has 1 heteroatoms. The van der Waals surface area contributed by atoms with Gasteiger partial charge < -0.3 is 0 Å². The first-order valence-corrected chi connectivity index (χ1v) is 5.69. The molecule has 0 spiro atoms. The van der Waals surface area contributed by atoms with Gasteiger partial charge >= 0.3 is 0 Å². The van der Waals surface area contributed by atoms with Gasteiger partial charge in [0.25, 0.3) is 0 Å². The van der Waals surface area contributed by atoms with E-state index in [0.29, 0.717) is 5.92 Å². The van der Waals surface area contributed by atoms with Crippen LogP contribution < -0.4 is 0 Å². The van der Waals surface area contributed by atoms with Crippen molar-refractivity contribution >= 4 is 11.5 Å². The molecule has 78 valence electrons. The minimum atomic E-state index is 0.710. The van der Waals surface area contributed by atoms with Crippen LogP contribution in [0.15, 0.2) is 30.3 Å². The molecule has 1 aliphatic carbocycles. The molecule has 0 saturated heterocycles. The molecule has 1 saturated carbocycles. The molecule has 1 nitrogen and oxygen atoms in total. The minimum absolute atomic E-state index is 0.710. The fourth-order valence-electron chi connectivity index (χ4n) is 2.36. The Balaban J connectivity index is 2.08. The van der Waals surface area contributed by atoms with Crippen LogP contribution in [0.1, 0.15) is 37.7 Å². The van der Waals surface area contributed by atoms with Crippen LogP contribution in [0.25, 0.3) is 5.57 Å². The summed E-state index contributed by atoms with van der Waals surface area (Å²) in [5.74, 6) is 2.82. The first-order valence-electron chi connectivity index (χ1n) is 5.69. The summed E-state index contributed by atoms with van der Waals surface area (Å²) < 4.78 is 0. The van der Waals surface area contributed by atoms with Gasteiger partial charge in [0, 0.05) is 5.57 Å². The molecular weight excluding hydrogens is 184 g/mol. The van der Waals surface area contributed by atoms with E-state index in [-0.39, 0.29) is 0 Å². The second kappa shape index (κ2) is 4.95. The average Bonchev–Trinajstić information content (AvgIpc) is 2.80. The fourth-order valence-corrected chi connectivity index (χ4v) is 2.36. The standard InChI is InChI=1S/C14H16O/c15-11-14(10-12-6-4-5-7-12)13-8-2-1-3-9-13/h1-3,8-9,12H,4-7,10H2. The smallest absolute Gasteiger partial charge is 0.128 e. The van der Waals surface area contributed by atoms with Crippen LogP contribution in [0.4, 0.5) is 0 Å². The van der Waals surface area contributed by atoms with E-state index in [4.69, 9.17) is 0 Å². The van der Waals surface area contributed by atoms with E-state index in [1.54, 1.807) is 0 Å². The zero-order valence-corrected chi connectivity index (χ0v) is 8.91. The van der Waals surface area contributed by atoms with Crippen molar-refractivity contribution in [2.45, 2.75) is 32.1 Å². The van der Waals surface area contributed by atoms with Crippen molar-refractivity contribution in [3.05, 3.63) is 35.9 Å². The molecule has 1 aliphatic rings. The summed E-state index contributed by atoms with van der Waals surface area (Å²) in [6.07, 6.45) is 6.11. The summed E-state index contributed by atoms with van der Waals surface area (Å²) >= 11 is 0. The first kappa shape index (κ1) is 10.2. The van der Waals surface area contributed by atoms with Crippen LogP contribution in [0.2, 0.25) is 0 Å². The van der Waals surface area contributed by atoms with Crippen molar-refractivity contribution in [2.75, 3.05) is 0 Å². The van der Waals surface area contributed by atoms with Crippen LogP contribution in [0.3, 0.4) is 0 Å². The zero-order valence-electron chi connectivity index (χ0n) is 8.91. The van der Waals surface area contributed by atoms with Crippen LogP contribution >= 0.6 is 0 Å². The van der Waals surface area contributed by atoms with E-state index in [0.717, 1.165) is 17.6 Å². The highest BCUT2D eigenvalue weighted by Crippen LogP contribution is 2.32. The van der Waals surface area contributed by atoms with Crippen LogP contribution in [0, 0.1) is 5.92 Å². The third kappa shape index (κ3) is 2.57. The van der Waals surface area contributed by atoms with Gasteiger partial charge in [-0.3, -0.25) is 0 Å². The SMILES string of the molecule is O=C=C(CC1CCCC1)c1ccccc1. The number of hydrogen-bond acceptors (Lipinski definition) is 1.